The van der Waals surface area contributed by atoms with Gasteiger partial charge in [-0.2, -0.15) is 0 Å². The summed E-state index contributed by atoms with van der Waals surface area (Å²) in [7, 11) is 1.83. The normalized spacial score (nSPS) is 18.0. The summed E-state index contributed by atoms with van der Waals surface area (Å²) in [4.78, 5) is 0. The van der Waals surface area contributed by atoms with Crippen LogP contribution in [0.5, 0.6) is 0 Å². The zero-order valence-corrected chi connectivity index (χ0v) is 9.69. The molecular weight excluding hydrogens is 148 g/mol. The molecule has 0 aromatic carbocycles. The molecule has 0 unspecified atom stereocenters. The van der Waals surface area contributed by atoms with Crippen LogP contribution in [0.3, 0.4) is 0 Å². The van der Waals surface area contributed by atoms with Crippen LogP contribution in [0.4, 0.5) is 0 Å². The lowest BCUT2D eigenvalue weighted by Crippen LogP contribution is -2.48. The predicted octanol–water partition coefficient (Wildman–Crippen LogP) is 3.48. The number of methoxy groups -OCH3 is 1. The third kappa shape index (κ3) is 1.82. The van der Waals surface area contributed by atoms with Gasteiger partial charge in [0.25, 0.3) is 0 Å². The van der Waals surface area contributed by atoms with Crippen LogP contribution in [-0.2, 0) is 4.74 Å². The molecule has 0 fully saturated rings. The summed E-state index contributed by atoms with van der Waals surface area (Å²) in [6, 6.07) is 0. The molecule has 0 aromatic heterocycles. The van der Waals surface area contributed by atoms with Crippen LogP contribution in [-0.4, -0.2) is 12.7 Å². The molecule has 1 atom stereocenters. The number of ether oxygens (including phenoxy) is 1. The van der Waals surface area contributed by atoms with Crippen molar-refractivity contribution in [1.82, 2.24) is 0 Å². The average molecular weight is 172 g/mol. The topological polar surface area (TPSA) is 9.23 Å². The highest BCUT2D eigenvalue weighted by atomic mass is 16.5. The van der Waals surface area contributed by atoms with Crippen molar-refractivity contribution < 1.29 is 4.74 Å². The summed E-state index contributed by atoms with van der Waals surface area (Å²) in [6.45, 7) is 13.4. The molecule has 0 spiro atoms. The standard InChI is InChI=1S/C11H24O/c1-8-11(12-7,9(2)3)10(4,5)6/h9H,8H2,1-7H3/t11-/m1/s1. The van der Waals surface area contributed by atoms with Gasteiger partial charge in [-0.1, -0.05) is 41.5 Å². The zero-order valence-electron chi connectivity index (χ0n) is 9.69. The van der Waals surface area contributed by atoms with Crippen molar-refractivity contribution in [2.75, 3.05) is 7.11 Å². The Morgan fingerprint density at radius 2 is 1.58 bits per heavy atom. The molecule has 0 amide bonds. The molecule has 1 heteroatoms. The molecule has 0 aliphatic rings. The van der Waals surface area contributed by atoms with Crippen molar-refractivity contribution in [2.45, 2.75) is 53.6 Å². The molecular formula is C11H24O. The van der Waals surface area contributed by atoms with Gasteiger partial charge in [0, 0.05) is 7.11 Å². The Hall–Kier alpha value is -0.0400. The first-order valence-corrected chi connectivity index (χ1v) is 4.87. The summed E-state index contributed by atoms with van der Waals surface area (Å²) in [5.41, 5.74) is 0.234. The molecule has 0 N–H and O–H groups in total. The van der Waals surface area contributed by atoms with Crippen molar-refractivity contribution in [1.29, 1.82) is 0 Å². The third-order valence-electron chi connectivity index (χ3n) is 3.09. The molecule has 12 heavy (non-hydrogen) atoms. The number of hydrogen-bond acceptors (Lipinski definition) is 1. The molecule has 74 valence electrons. The van der Waals surface area contributed by atoms with Crippen molar-refractivity contribution in [3.63, 3.8) is 0 Å². The maximum absolute atomic E-state index is 5.71. The Balaban J connectivity index is 4.83. The Morgan fingerprint density at radius 1 is 1.17 bits per heavy atom. The minimum Gasteiger partial charge on any atom is -0.377 e. The Labute approximate surface area is 77.5 Å². The molecule has 0 aromatic rings. The highest BCUT2D eigenvalue weighted by molar-refractivity contribution is 4.93. The first-order valence-electron chi connectivity index (χ1n) is 4.87. The Kier molecular flexibility index (Phi) is 3.77. The first-order chi connectivity index (χ1) is 5.31. The first kappa shape index (κ1) is 12.0. The monoisotopic (exact) mass is 172 g/mol. The highest BCUT2D eigenvalue weighted by Gasteiger charge is 2.43. The fourth-order valence-corrected chi connectivity index (χ4v) is 2.49. The fraction of sp³-hybridized carbons (Fsp3) is 1.00. The molecule has 0 aliphatic heterocycles. The second kappa shape index (κ2) is 3.78. The van der Waals surface area contributed by atoms with Crippen LogP contribution in [0.2, 0.25) is 0 Å². The fourth-order valence-electron chi connectivity index (χ4n) is 2.49. The van der Waals surface area contributed by atoms with E-state index < -0.39 is 0 Å². The van der Waals surface area contributed by atoms with Crippen LogP contribution < -0.4 is 0 Å². The van der Waals surface area contributed by atoms with Gasteiger partial charge in [0.1, 0.15) is 0 Å². The van der Waals surface area contributed by atoms with E-state index in [2.05, 4.69) is 41.5 Å². The number of hydrogen-bond donors (Lipinski definition) is 0. The van der Waals surface area contributed by atoms with E-state index in [4.69, 9.17) is 4.74 Å². The van der Waals surface area contributed by atoms with E-state index in [1.54, 1.807) is 0 Å². The highest BCUT2D eigenvalue weighted by Crippen LogP contribution is 2.41. The molecule has 0 rings (SSSR count). The second-order valence-electron chi connectivity index (χ2n) is 4.85. The molecule has 0 radical (unpaired) electrons. The second-order valence-corrected chi connectivity index (χ2v) is 4.85. The third-order valence-corrected chi connectivity index (χ3v) is 3.09. The molecule has 1 nitrogen and oxygen atoms in total. The van der Waals surface area contributed by atoms with E-state index in [1.807, 2.05) is 7.11 Å². The van der Waals surface area contributed by atoms with Gasteiger partial charge >= 0.3 is 0 Å². The SMILES string of the molecule is CC[C@@](OC)(C(C)C)C(C)(C)C. The van der Waals surface area contributed by atoms with Gasteiger partial charge in [-0.25, -0.2) is 0 Å². The van der Waals surface area contributed by atoms with E-state index in [9.17, 15) is 0 Å². The van der Waals surface area contributed by atoms with Gasteiger partial charge in [-0.05, 0) is 17.8 Å². The molecule has 0 saturated heterocycles. The summed E-state index contributed by atoms with van der Waals surface area (Å²) in [5, 5.41) is 0. The summed E-state index contributed by atoms with van der Waals surface area (Å²) in [6.07, 6.45) is 1.07. The van der Waals surface area contributed by atoms with Crippen LogP contribution in [0.15, 0.2) is 0 Å². The average Bonchev–Trinajstić information content (AvgIpc) is 1.87. The van der Waals surface area contributed by atoms with Gasteiger partial charge in [0.2, 0.25) is 0 Å². The number of rotatable bonds is 3. The van der Waals surface area contributed by atoms with E-state index in [-0.39, 0.29) is 11.0 Å². The minimum absolute atomic E-state index is 0.0208. The van der Waals surface area contributed by atoms with Crippen LogP contribution in [0.25, 0.3) is 0 Å². The van der Waals surface area contributed by atoms with Crippen LogP contribution in [0, 0.1) is 11.3 Å². The van der Waals surface area contributed by atoms with Gasteiger partial charge < -0.3 is 4.74 Å². The quantitative estimate of drug-likeness (QED) is 0.633. The summed E-state index contributed by atoms with van der Waals surface area (Å²) >= 11 is 0. The van der Waals surface area contributed by atoms with Gasteiger partial charge in [0.15, 0.2) is 0 Å². The van der Waals surface area contributed by atoms with Crippen LogP contribution >= 0.6 is 0 Å². The van der Waals surface area contributed by atoms with E-state index >= 15 is 0 Å². The lowest BCUT2D eigenvalue weighted by molar-refractivity contribution is -0.127. The van der Waals surface area contributed by atoms with Gasteiger partial charge in [-0.3, -0.25) is 0 Å². The summed E-state index contributed by atoms with van der Waals surface area (Å²) < 4.78 is 5.71. The van der Waals surface area contributed by atoms with Crippen molar-refractivity contribution in [3.8, 4) is 0 Å². The van der Waals surface area contributed by atoms with E-state index in [0.717, 1.165) is 6.42 Å². The Morgan fingerprint density at radius 3 is 1.58 bits per heavy atom. The molecule has 0 heterocycles. The van der Waals surface area contributed by atoms with E-state index in [0.29, 0.717) is 5.92 Å². The van der Waals surface area contributed by atoms with Crippen molar-refractivity contribution >= 4 is 0 Å². The largest absolute Gasteiger partial charge is 0.377 e. The molecule has 0 bridgehead atoms. The lowest BCUT2D eigenvalue weighted by atomic mass is 9.68. The molecule has 0 aliphatic carbocycles. The predicted molar refractivity (Wildman–Crippen MR) is 54.3 cm³/mol. The zero-order chi connectivity index (χ0) is 9.99. The van der Waals surface area contributed by atoms with E-state index in [1.165, 1.54) is 0 Å². The maximum Gasteiger partial charge on any atom is 0.0746 e. The minimum atomic E-state index is 0.0208. The Bertz CT molecular complexity index is 126. The smallest absolute Gasteiger partial charge is 0.0746 e. The van der Waals surface area contributed by atoms with Gasteiger partial charge in [-0.15, -0.1) is 0 Å². The van der Waals surface area contributed by atoms with Gasteiger partial charge in [0.05, 0.1) is 5.60 Å². The van der Waals surface area contributed by atoms with Crippen LogP contribution in [0.1, 0.15) is 48.0 Å². The van der Waals surface area contributed by atoms with Crippen molar-refractivity contribution in [3.05, 3.63) is 0 Å². The summed E-state index contributed by atoms with van der Waals surface area (Å²) in [5.74, 6) is 0.562. The van der Waals surface area contributed by atoms with Crippen molar-refractivity contribution in [2.24, 2.45) is 11.3 Å². The maximum atomic E-state index is 5.71. The molecule has 0 saturated carbocycles. The lowest BCUT2D eigenvalue weighted by Gasteiger charge is -2.46.